The van der Waals surface area contributed by atoms with Gasteiger partial charge in [-0.1, -0.05) is 49.4 Å². The molecule has 3 rings (SSSR count). The van der Waals surface area contributed by atoms with Gasteiger partial charge in [0.2, 0.25) is 0 Å². The molecule has 0 aromatic heterocycles. The van der Waals surface area contributed by atoms with Crippen LogP contribution in [-0.4, -0.2) is 11.8 Å². The van der Waals surface area contributed by atoms with Crippen LogP contribution in [-0.2, 0) is 6.42 Å². The Labute approximate surface area is 117 Å². The second kappa shape index (κ2) is 4.93. The number of amides is 2. The van der Waals surface area contributed by atoms with Gasteiger partial charge >= 0.3 is 0 Å². The second-order valence-corrected chi connectivity index (χ2v) is 5.14. The van der Waals surface area contributed by atoms with Crippen LogP contribution in [0.25, 0.3) is 0 Å². The van der Waals surface area contributed by atoms with Gasteiger partial charge in [0, 0.05) is 0 Å². The van der Waals surface area contributed by atoms with Gasteiger partial charge < -0.3 is 0 Å². The molecule has 0 saturated heterocycles. The van der Waals surface area contributed by atoms with Crippen molar-refractivity contribution in [2.75, 3.05) is 0 Å². The summed E-state index contributed by atoms with van der Waals surface area (Å²) in [5.74, 6) is -0.272. The van der Waals surface area contributed by atoms with E-state index in [2.05, 4.69) is 24.4 Å². The maximum atomic E-state index is 11.9. The Hall–Kier alpha value is -2.42. The van der Waals surface area contributed by atoms with Crippen LogP contribution in [0.1, 0.15) is 44.7 Å². The van der Waals surface area contributed by atoms with Crippen molar-refractivity contribution in [3.8, 4) is 0 Å². The molecule has 1 aliphatic heterocycles. The van der Waals surface area contributed by atoms with Crippen LogP contribution >= 0.6 is 0 Å². The van der Waals surface area contributed by atoms with Gasteiger partial charge in [0.05, 0.1) is 11.1 Å². The summed E-state index contributed by atoms with van der Waals surface area (Å²) in [5.41, 5.74) is 3.20. The van der Waals surface area contributed by atoms with Crippen LogP contribution < -0.4 is 5.32 Å². The number of carbonyl (C=O) groups is 2. The highest BCUT2D eigenvalue weighted by atomic mass is 16.2. The van der Waals surface area contributed by atoms with Crippen molar-refractivity contribution in [3.63, 3.8) is 0 Å². The maximum Gasteiger partial charge on any atom is 0.259 e. The van der Waals surface area contributed by atoms with E-state index < -0.39 is 0 Å². The van der Waals surface area contributed by atoms with E-state index in [1.807, 2.05) is 30.3 Å². The molecule has 1 unspecified atom stereocenters. The van der Waals surface area contributed by atoms with E-state index in [4.69, 9.17) is 0 Å². The highest BCUT2D eigenvalue weighted by Crippen LogP contribution is 2.26. The fourth-order valence-corrected chi connectivity index (χ4v) is 2.69. The average molecular weight is 265 g/mol. The highest BCUT2D eigenvalue weighted by molar-refractivity contribution is 6.22. The molecule has 1 atom stereocenters. The molecule has 2 aromatic carbocycles. The summed E-state index contributed by atoms with van der Waals surface area (Å²) in [7, 11) is 0. The highest BCUT2D eigenvalue weighted by Gasteiger charge is 2.29. The van der Waals surface area contributed by atoms with E-state index >= 15 is 0 Å². The summed E-state index contributed by atoms with van der Waals surface area (Å²) in [5, 5.41) is 2.36. The Morgan fingerprint density at radius 3 is 2.45 bits per heavy atom. The van der Waals surface area contributed by atoms with E-state index in [0.29, 0.717) is 17.0 Å². The molecule has 0 aliphatic carbocycles. The molecule has 2 aromatic rings. The number of carbonyl (C=O) groups excluding carboxylic acids is 2. The van der Waals surface area contributed by atoms with Crippen molar-refractivity contribution in [1.82, 2.24) is 5.32 Å². The van der Waals surface area contributed by atoms with Crippen LogP contribution in [0.5, 0.6) is 0 Å². The average Bonchev–Trinajstić information content (AvgIpc) is 2.76. The third-order valence-electron chi connectivity index (χ3n) is 3.74. The Morgan fingerprint density at radius 2 is 1.70 bits per heavy atom. The van der Waals surface area contributed by atoms with Gasteiger partial charge in [0.1, 0.15) is 0 Å². The molecule has 3 nitrogen and oxygen atoms in total. The third-order valence-corrected chi connectivity index (χ3v) is 3.74. The van der Waals surface area contributed by atoms with Gasteiger partial charge in [0.25, 0.3) is 11.8 Å². The predicted molar refractivity (Wildman–Crippen MR) is 76.8 cm³/mol. The van der Waals surface area contributed by atoms with Gasteiger partial charge in [0.15, 0.2) is 0 Å². The maximum absolute atomic E-state index is 11.9. The van der Waals surface area contributed by atoms with Gasteiger partial charge in [-0.25, -0.2) is 0 Å². The zero-order valence-corrected chi connectivity index (χ0v) is 11.2. The molecule has 0 bridgehead atoms. The minimum Gasteiger partial charge on any atom is -0.288 e. The van der Waals surface area contributed by atoms with E-state index in [9.17, 15) is 9.59 Å². The first-order valence-electron chi connectivity index (χ1n) is 6.69. The van der Waals surface area contributed by atoms with Gasteiger partial charge in [-0.15, -0.1) is 0 Å². The Morgan fingerprint density at radius 1 is 0.950 bits per heavy atom. The number of hydrogen-bond donors (Lipinski definition) is 1. The topological polar surface area (TPSA) is 46.2 Å². The molecular weight excluding hydrogens is 250 g/mol. The smallest absolute Gasteiger partial charge is 0.259 e. The fourth-order valence-electron chi connectivity index (χ4n) is 2.69. The van der Waals surface area contributed by atoms with Crippen molar-refractivity contribution in [2.45, 2.75) is 19.3 Å². The lowest BCUT2D eigenvalue weighted by Crippen LogP contribution is -2.20. The van der Waals surface area contributed by atoms with Crippen LogP contribution in [0.3, 0.4) is 0 Å². The van der Waals surface area contributed by atoms with Gasteiger partial charge in [-0.2, -0.15) is 0 Å². The SMILES string of the molecule is CC(Cc1cccc2c1C(=O)NC2=O)c1ccccc1. The zero-order chi connectivity index (χ0) is 14.1. The summed E-state index contributed by atoms with van der Waals surface area (Å²) >= 11 is 0. The van der Waals surface area contributed by atoms with Crippen molar-refractivity contribution in [2.24, 2.45) is 0 Å². The second-order valence-electron chi connectivity index (χ2n) is 5.14. The molecule has 0 radical (unpaired) electrons. The number of hydrogen-bond acceptors (Lipinski definition) is 2. The summed E-state index contributed by atoms with van der Waals surface area (Å²) in [4.78, 5) is 23.5. The molecule has 100 valence electrons. The minimum absolute atomic E-state index is 0.277. The predicted octanol–water partition coefficient (Wildman–Crippen LogP) is 2.92. The summed E-state index contributed by atoms with van der Waals surface area (Å²) in [6, 6.07) is 15.6. The lowest BCUT2D eigenvalue weighted by molar-refractivity contribution is 0.0879. The van der Waals surface area contributed by atoms with Gasteiger partial charge in [-0.05, 0) is 29.5 Å². The molecule has 20 heavy (non-hydrogen) atoms. The quantitative estimate of drug-likeness (QED) is 0.867. The monoisotopic (exact) mass is 265 g/mol. The molecule has 0 spiro atoms. The van der Waals surface area contributed by atoms with Gasteiger partial charge in [-0.3, -0.25) is 14.9 Å². The van der Waals surface area contributed by atoms with E-state index in [-0.39, 0.29) is 11.8 Å². The largest absolute Gasteiger partial charge is 0.288 e. The first kappa shape index (κ1) is 12.6. The molecule has 3 heteroatoms. The minimum atomic E-state index is -0.292. The normalized spacial score (nSPS) is 14.8. The Bertz CT molecular complexity index is 677. The number of fused-ring (bicyclic) bond motifs is 1. The van der Waals surface area contributed by atoms with Crippen LogP contribution in [0.15, 0.2) is 48.5 Å². The summed E-state index contributed by atoms with van der Waals surface area (Å²) < 4.78 is 0. The van der Waals surface area contributed by atoms with Crippen molar-refractivity contribution < 1.29 is 9.59 Å². The fraction of sp³-hybridized carbons (Fsp3) is 0.176. The Kier molecular flexibility index (Phi) is 3.11. The summed E-state index contributed by atoms with van der Waals surface area (Å²) in [6.45, 7) is 2.13. The molecular formula is C17H15NO2. The van der Waals surface area contributed by atoms with E-state index in [1.165, 1.54) is 5.56 Å². The Balaban J connectivity index is 1.93. The molecule has 1 N–H and O–H groups in total. The lowest BCUT2D eigenvalue weighted by Gasteiger charge is -2.13. The molecule has 1 heterocycles. The standard InChI is InChI=1S/C17H15NO2/c1-11(12-6-3-2-4-7-12)10-13-8-5-9-14-15(13)17(20)18-16(14)19/h2-9,11H,10H2,1H3,(H,18,19,20). The number of benzene rings is 2. The van der Waals surface area contributed by atoms with Crippen molar-refractivity contribution in [3.05, 3.63) is 70.8 Å². The molecule has 0 saturated carbocycles. The van der Waals surface area contributed by atoms with Crippen LogP contribution in [0.4, 0.5) is 0 Å². The lowest BCUT2D eigenvalue weighted by atomic mass is 9.90. The van der Waals surface area contributed by atoms with Crippen LogP contribution in [0, 0.1) is 0 Å². The van der Waals surface area contributed by atoms with Crippen molar-refractivity contribution >= 4 is 11.8 Å². The first-order chi connectivity index (χ1) is 9.66. The first-order valence-corrected chi connectivity index (χ1v) is 6.69. The summed E-state index contributed by atoms with van der Waals surface area (Å²) in [6.07, 6.45) is 0.744. The van der Waals surface area contributed by atoms with Crippen molar-refractivity contribution in [1.29, 1.82) is 0 Å². The molecule has 1 aliphatic rings. The molecule has 2 amide bonds. The van der Waals surface area contributed by atoms with E-state index in [1.54, 1.807) is 6.07 Å². The van der Waals surface area contributed by atoms with E-state index in [0.717, 1.165) is 12.0 Å². The third kappa shape index (κ3) is 2.11. The zero-order valence-electron chi connectivity index (χ0n) is 11.2. The number of nitrogens with one attached hydrogen (secondary N) is 1. The van der Waals surface area contributed by atoms with Crippen LogP contribution in [0.2, 0.25) is 0 Å². The molecule has 0 fully saturated rings. The number of imide groups is 1. The number of rotatable bonds is 3.